The highest BCUT2D eigenvalue weighted by molar-refractivity contribution is 7.89. The second kappa shape index (κ2) is 11.6. The van der Waals surface area contributed by atoms with Gasteiger partial charge < -0.3 is 14.8 Å². The molecule has 0 aliphatic carbocycles. The number of anilines is 1. The number of hydrogen-bond donors (Lipinski definition) is 1. The van der Waals surface area contributed by atoms with Gasteiger partial charge in [-0.2, -0.15) is 8.61 Å². The first-order valence-corrected chi connectivity index (χ1v) is 15.9. The SMILES string of the molecule is C[C@H]1CCCCN1S(=O)(=O)c1ccc(S(=O)(=O)N(CC(=O)Nc2ccccc2)Cc2ccc3c(c2)OCO3)cc1. The minimum Gasteiger partial charge on any atom is -0.454 e. The van der Waals surface area contributed by atoms with Crippen LogP contribution in [0.5, 0.6) is 11.5 Å². The molecule has 3 aromatic rings. The Morgan fingerprint density at radius 2 is 1.62 bits per heavy atom. The van der Waals surface area contributed by atoms with Crippen LogP contribution >= 0.6 is 0 Å². The lowest BCUT2D eigenvalue weighted by atomic mass is 10.1. The maximum atomic E-state index is 13.8. The van der Waals surface area contributed by atoms with E-state index in [0.29, 0.717) is 29.3 Å². The number of ether oxygens (including phenoxy) is 2. The fraction of sp³-hybridized carbons (Fsp3) is 0.321. The Balaban J connectivity index is 1.41. The Hall–Kier alpha value is -3.45. The van der Waals surface area contributed by atoms with Gasteiger partial charge in [0.25, 0.3) is 0 Å². The van der Waals surface area contributed by atoms with Gasteiger partial charge in [-0.15, -0.1) is 0 Å². The Bertz CT molecular complexity index is 1580. The smallest absolute Gasteiger partial charge is 0.243 e. The van der Waals surface area contributed by atoms with Gasteiger partial charge in [0.1, 0.15) is 0 Å². The zero-order valence-electron chi connectivity index (χ0n) is 22.0. The van der Waals surface area contributed by atoms with Crippen molar-refractivity contribution in [1.29, 1.82) is 0 Å². The molecule has 0 aromatic heterocycles. The number of para-hydroxylation sites is 1. The van der Waals surface area contributed by atoms with Crippen LogP contribution in [0.4, 0.5) is 5.69 Å². The molecule has 1 amide bonds. The van der Waals surface area contributed by atoms with E-state index in [0.717, 1.165) is 23.6 Å². The van der Waals surface area contributed by atoms with Crippen molar-refractivity contribution < 1.29 is 31.1 Å². The zero-order valence-corrected chi connectivity index (χ0v) is 23.7. The number of piperidine rings is 1. The number of nitrogens with zero attached hydrogens (tertiary/aromatic N) is 2. The summed E-state index contributed by atoms with van der Waals surface area (Å²) in [6.07, 6.45) is 2.54. The third kappa shape index (κ3) is 5.99. The predicted molar refractivity (Wildman–Crippen MR) is 149 cm³/mol. The summed E-state index contributed by atoms with van der Waals surface area (Å²) in [4.78, 5) is 12.8. The van der Waals surface area contributed by atoms with Crippen LogP contribution in [-0.4, -0.2) is 57.3 Å². The third-order valence-corrected chi connectivity index (χ3v) is 10.8. The lowest BCUT2D eigenvalue weighted by Crippen LogP contribution is -2.41. The molecule has 1 N–H and O–H groups in total. The van der Waals surface area contributed by atoms with Crippen molar-refractivity contribution in [2.45, 2.75) is 48.6 Å². The topological polar surface area (TPSA) is 122 Å². The van der Waals surface area contributed by atoms with Gasteiger partial charge in [0.2, 0.25) is 32.7 Å². The molecule has 2 aliphatic heterocycles. The maximum absolute atomic E-state index is 13.8. The van der Waals surface area contributed by atoms with Crippen molar-refractivity contribution in [3.8, 4) is 11.5 Å². The molecule has 0 spiro atoms. The Labute approximate surface area is 234 Å². The summed E-state index contributed by atoms with van der Waals surface area (Å²) in [6, 6.07) is 18.9. The second-order valence-corrected chi connectivity index (χ2v) is 13.6. The number of hydrogen-bond acceptors (Lipinski definition) is 7. The van der Waals surface area contributed by atoms with E-state index in [-0.39, 0.29) is 29.2 Å². The zero-order chi connectivity index (χ0) is 28.3. The summed E-state index contributed by atoms with van der Waals surface area (Å²) in [5, 5.41) is 2.72. The molecular formula is C28H31N3O7S2. The number of benzene rings is 3. The van der Waals surface area contributed by atoms with Crippen molar-refractivity contribution >= 4 is 31.6 Å². The number of fused-ring (bicyclic) bond motifs is 1. The number of rotatable bonds is 9. The highest BCUT2D eigenvalue weighted by Crippen LogP contribution is 2.33. The van der Waals surface area contributed by atoms with Crippen LogP contribution in [0, 0.1) is 0 Å². The van der Waals surface area contributed by atoms with Crippen LogP contribution in [0.3, 0.4) is 0 Å². The molecule has 212 valence electrons. The van der Waals surface area contributed by atoms with Gasteiger partial charge in [0, 0.05) is 24.8 Å². The summed E-state index contributed by atoms with van der Waals surface area (Å²) >= 11 is 0. The van der Waals surface area contributed by atoms with Crippen LogP contribution in [0.1, 0.15) is 31.7 Å². The molecular weight excluding hydrogens is 554 g/mol. The third-order valence-electron chi connectivity index (χ3n) is 6.98. The largest absolute Gasteiger partial charge is 0.454 e. The molecule has 10 nitrogen and oxygen atoms in total. The van der Waals surface area contributed by atoms with E-state index in [2.05, 4.69) is 5.32 Å². The Morgan fingerprint density at radius 1 is 0.925 bits per heavy atom. The minimum atomic E-state index is -4.21. The van der Waals surface area contributed by atoms with Gasteiger partial charge in [-0.3, -0.25) is 4.79 Å². The van der Waals surface area contributed by atoms with E-state index in [9.17, 15) is 21.6 Å². The molecule has 0 saturated carbocycles. The molecule has 0 unspecified atom stereocenters. The van der Waals surface area contributed by atoms with Crippen molar-refractivity contribution in [3.63, 3.8) is 0 Å². The van der Waals surface area contributed by atoms with Crippen LogP contribution in [0.2, 0.25) is 0 Å². The van der Waals surface area contributed by atoms with E-state index in [1.807, 2.05) is 13.0 Å². The molecule has 1 atom stereocenters. The molecule has 40 heavy (non-hydrogen) atoms. The first-order valence-electron chi connectivity index (χ1n) is 13.0. The van der Waals surface area contributed by atoms with E-state index in [1.165, 1.54) is 28.6 Å². The van der Waals surface area contributed by atoms with Crippen molar-refractivity contribution in [2.24, 2.45) is 0 Å². The lowest BCUT2D eigenvalue weighted by molar-refractivity contribution is -0.116. The van der Waals surface area contributed by atoms with Gasteiger partial charge >= 0.3 is 0 Å². The van der Waals surface area contributed by atoms with E-state index < -0.39 is 32.5 Å². The molecule has 3 aromatic carbocycles. The number of nitrogens with one attached hydrogen (secondary N) is 1. The van der Waals surface area contributed by atoms with E-state index in [4.69, 9.17) is 9.47 Å². The first-order chi connectivity index (χ1) is 19.1. The first kappa shape index (κ1) is 28.1. The predicted octanol–water partition coefficient (Wildman–Crippen LogP) is 3.81. The Morgan fingerprint density at radius 3 is 2.35 bits per heavy atom. The average molecular weight is 586 g/mol. The quantitative estimate of drug-likeness (QED) is 0.405. The van der Waals surface area contributed by atoms with Crippen LogP contribution in [-0.2, 0) is 31.4 Å². The molecule has 12 heteroatoms. The van der Waals surface area contributed by atoms with Crippen molar-refractivity contribution in [1.82, 2.24) is 8.61 Å². The van der Waals surface area contributed by atoms with Gasteiger partial charge in [-0.1, -0.05) is 30.7 Å². The fourth-order valence-corrected chi connectivity index (χ4v) is 7.93. The molecule has 1 fully saturated rings. The number of carbonyl (C=O) groups is 1. The van der Waals surface area contributed by atoms with Gasteiger partial charge in [-0.25, -0.2) is 16.8 Å². The van der Waals surface area contributed by atoms with Gasteiger partial charge in [0.15, 0.2) is 11.5 Å². The van der Waals surface area contributed by atoms with Crippen LogP contribution < -0.4 is 14.8 Å². The average Bonchev–Trinajstić information content (AvgIpc) is 3.41. The molecule has 2 aliphatic rings. The molecule has 2 heterocycles. The highest BCUT2D eigenvalue weighted by atomic mass is 32.2. The summed E-state index contributed by atoms with van der Waals surface area (Å²) in [6.45, 7) is 1.81. The molecule has 5 rings (SSSR count). The number of amides is 1. The molecule has 0 radical (unpaired) electrons. The lowest BCUT2D eigenvalue weighted by Gasteiger charge is -2.32. The van der Waals surface area contributed by atoms with Gasteiger partial charge in [-0.05, 0) is 73.9 Å². The summed E-state index contributed by atoms with van der Waals surface area (Å²) in [5.41, 5.74) is 1.13. The Kier molecular flexibility index (Phi) is 8.13. The standard InChI is InChI=1S/C28H31N3O7S2/c1-21-7-5-6-16-31(21)40(35,36)25-13-11-24(12-14-25)39(33,34)30(19-28(32)29-23-8-3-2-4-9-23)18-22-10-15-26-27(17-22)38-20-37-26/h2-4,8-15,17,21H,5-7,16,18-20H2,1H3,(H,29,32)/t21-/m0/s1. The normalized spacial score (nSPS) is 17.6. The number of sulfonamides is 2. The monoisotopic (exact) mass is 585 g/mol. The molecule has 1 saturated heterocycles. The van der Waals surface area contributed by atoms with Crippen LogP contribution in [0.15, 0.2) is 82.6 Å². The van der Waals surface area contributed by atoms with Crippen molar-refractivity contribution in [2.75, 3.05) is 25.2 Å². The minimum absolute atomic E-state index is 0.0318. The summed E-state index contributed by atoms with van der Waals surface area (Å²) < 4.78 is 67.4. The van der Waals surface area contributed by atoms with Gasteiger partial charge in [0.05, 0.1) is 16.3 Å². The van der Waals surface area contributed by atoms with Crippen molar-refractivity contribution in [3.05, 3.63) is 78.4 Å². The van der Waals surface area contributed by atoms with E-state index >= 15 is 0 Å². The van der Waals surface area contributed by atoms with Crippen LogP contribution in [0.25, 0.3) is 0 Å². The van der Waals surface area contributed by atoms with E-state index in [1.54, 1.807) is 42.5 Å². The fourth-order valence-electron chi connectivity index (χ4n) is 4.85. The summed E-state index contributed by atoms with van der Waals surface area (Å²) in [5.74, 6) is 0.527. The summed E-state index contributed by atoms with van der Waals surface area (Å²) in [7, 11) is -7.97. The second-order valence-electron chi connectivity index (χ2n) is 9.81. The number of carbonyl (C=O) groups excluding carboxylic acids is 1. The molecule has 0 bridgehead atoms. The maximum Gasteiger partial charge on any atom is 0.243 e. The highest BCUT2D eigenvalue weighted by Gasteiger charge is 2.32.